The van der Waals surface area contributed by atoms with Gasteiger partial charge in [-0.1, -0.05) is 51.0 Å². The van der Waals surface area contributed by atoms with Crippen molar-refractivity contribution in [1.29, 1.82) is 0 Å². The van der Waals surface area contributed by atoms with Crippen molar-refractivity contribution in [3.05, 3.63) is 42.2 Å². The smallest absolute Gasteiger partial charge is 0.0649 e. The SMILES string of the molecule is CCCC(C)CC(N)c1nccc2ccccc12. The number of pyridine rings is 1. The largest absolute Gasteiger partial charge is 0.323 e. The van der Waals surface area contributed by atoms with E-state index >= 15 is 0 Å². The maximum Gasteiger partial charge on any atom is 0.0649 e. The molecule has 1 aromatic carbocycles. The van der Waals surface area contributed by atoms with Gasteiger partial charge in [0.25, 0.3) is 0 Å². The van der Waals surface area contributed by atoms with Gasteiger partial charge < -0.3 is 5.73 Å². The van der Waals surface area contributed by atoms with Gasteiger partial charge in [-0.25, -0.2) is 0 Å². The maximum absolute atomic E-state index is 6.33. The number of hydrogen-bond donors (Lipinski definition) is 1. The summed E-state index contributed by atoms with van der Waals surface area (Å²) in [6, 6.07) is 10.4. The Morgan fingerprint density at radius 1 is 1.22 bits per heavy atom. The summed E-state index contributed by atoms with van der Waals surface area (Å²) in [6.45, 7) is 4.49. The van der Waals surface area contributed by atoms with E-state index in [1.807, 2.05) is 12.3 Å². The second kappa shape index (κ2) is 5.96. The van der Waals surface area contributed by atoms with E-state index < -0.39 is 0 Å². The van der Waals surface area contributed by atoms with Crippen molar-refractivity contribution in [1.82, 2.24) is 4.98 Å². The first-order valence-electron chi connectivity index (χ1n) is 6.81. The lowest BCUT2D eigenvalue weighted by atomic mass is 9.94. The molecule has 2 atom stereocenters. The van der Waals surface area contributed by atoms with E-state index in [1.165, 1.54) is 23.6 Å². The first kappa shape index (κ1) is 13.0. The fourth-order valence-electron chi connectivity index (χ4n) is 2.59. The molecular formula is C16H22N2. The average molecular weight is 242 g/mol. The van der Waals surface area contributed by atoms with Crippen molar-refractivity contribution in [2.45, 2.75) is 39.2 Å². The summed E-state index contributed by atoms with van der Waals surface area (Å²) in [5, 5.41) is 2.41. The maximum atomic E-state index is 6.33. The third-order valence-electron chi connectivity index (χ3n) is 3.49. The van der Waals surface area contributed by atoms with E-state index in [0.717, 1.165) is 12.1 Å². The fourth-order valence-corrected chi connectivity index (χ4v) is 2.59. The number of fused-ring (bicyclic) bond motifs is 1. The van der Waals surface area contributed by atoms with Crippen molar-refractivity contribution in [2.24, 2.45) is 11.7 Å². The molecule has 2 N–H and O–H groups in total. The molecule has 0 bridgehead atoms. The van der Waals surface area contributed by atoms with Gasteiger partial charge in [0, 0.05) is 17.6 Å². The third-order valence-corrected chi connectivity index (χ3v) is 3.49. The molecule has 0 radical (unpaired) electrons. The highest BCUT2D eigenvalue weighted by atomic mass is 14.8. The molecule has 0 saturated carbocycles. The number of nitrogens with two attached hydrogens (primary N) is 1. The minimum absolute atomic E-state index is 0.0395. The van der Waals surface area contributed by atoms with Crippen molar-refractivity contribution in [2.75, 3.05) is 0 Å². The lowest BCUT2D eigenvalue weighted by Gasteiger charge is -2.17. The molecule has 0 aliphatic heterocycles. The highest BCUT2D eigenvalue weighted by molar-refractivity contribution is 5.84. The van der Waals surface area contributed by atoms with Crippen LogP contribution in [0.25, 0.3) is 10.8 Å². The third kappa shape index (κ3) is 2.88. The van der Waals surface area contributed by atoms with Crippen LogP contribution in [-0.2, 0) is 0 Å². The number of nitrogens with zero attached hydrogens (tertiary/aromatic N) is 1. The van der Waals surface area contributed by atoms with Gasteiger partial charge in [-0.2, -0.15) is 0 Å². The van der Waals surface area contributed by atoms with Gasteiger partial charge in [0.1, 0.15) is 0 Å². The first-order valence-corrected chi connectivity index (χ1v) is 6.81. The Morgan fingerprint density at radius 2 is 2.00 bits per heavy atom. The Bertz CT molecular complexity index is 502. The van der Waals surface area contributed by atoms with Gasteiger partial charge in [0.15, 0.2) is 0 Å². The number of benzene rings is 1. The molecule has 1 heterocycles. The van der Waals surface area contributed by atoms with Crippen LogP contribution in [0.3, 0.4) is 0 Å². The zero-order valence-electron chi connectivity index (χ0n) is 11.3. The summed E-state index contributed by atoms with van der Waals surface area (Å²) in [5.74, 6) is 0.658. The van der Waals surface area contributed by atoms with Crippen molar-refractivity contribution >= 4 is 10.8 Å². The summed E-state index contributed by atoms with van der Waals surface area (Å²) >= 11 is 0. The fraction of sp³-hybridized carbons (Fsp3) is 0.438. The molecule has 0 aliphatic carbocycles. The minimum Gasteiger partial charge on any atom is -0.323 e. The van der Waals surface area contributed by atoms with Crippen molar-refractivity contribution < 1.29 is 0 Å². The summed E-state index contributed by atoms with van der Waals surface area (Å²) in [4.78, 5) is 4.49. The Morgan fingerprint density at radius 3 is 2.78 bits per heavy atom. The van der Waals surface area contributed by atoms with E-state index in [9.17, 15) is 0 Å². The van der Waals surface area contributed by atoms with Crippen LogP contribution in [0.2, 0.25) is 0 Å². The first-order chi connectivity index (χ1) is 8.72. The minimum atomic E-state index is 0.0395. The van der Waals surface area contributed by atoms with Gasteiger partial charge in [-0.15, -0.1) is 0 Å². The van der Waals surface area contributed by atoms with Gasteiger partial charge in [0.2, 0.25) is 0 Å². The summed E-state index contributed by atoms with van der Waals surface area (Å²) in [6.07, 6.45) is 5.33. The predicted molar refractivity (Wildman–Crippen MR) is 77.4 cm³/mol. The molecule has 2 nitrogen and oxygen atoms in total. The molecule has 96 valence electrons. The van der Waals surface area contributed by atoms with Gasteiger partial charge in [-0.3, -0.25) is 4.98 Å². The average Bonchev–Trinajstić information content (AvgIpc) is 2.38. The van der Waals surface area contributed by atoms with E-state index in [1.54, 1.807) is 0 Å². The number of rotatable bonds is 5. The topological polar surface area (TPSA) is 38.9 Å². The molecule has 18 heavy (non-hydrogen) atoms. The molecule has 2 unspecified atom stereocenters. The molecule has 1 aromatic heterocycles. The van der Waals surface area contributed by atoms with E-state index in [0.29, 0.717) is 5.92 Å². The van der Waals surface area contributed by atoms with Crippen LogP contribution >= 0.6 is 0 Å². The monoisotopic (exact) mass is 242 g/mol. The molecule has 2 aromatic rings. The molecule has 2 heteroatoms. The Balaban J connectivity index is 2.24. The standard InChI is InChI=1S/C16H22N2/c1-3-6-12(2)11-15(17)16-14-8-5-4-7-13(14)9-10-18-16/h4-5,7-10,12,15H,3,6,11,17H2,1-2H3. The predicted octanol–water partition coefficient (Wildman–Crippen LogP) is 4.06. The Kier molecular flexibility index (Phi) is 4.32. The normalized spacial score (nSPS) is 14.6. The highest BCUT2D eigenvalue weighted by Crippen LogP contribution is 2.26. The summed E-state index contributed by atoms with van der Waals surface area (Å²) in [7, 11) is 0. The van der Waals surface area contributed by atoms with E-state index in [4.69, 9.17) is 5.73 Å². The van der Waals surface area contributed by atoms with Gasteiger partial charge in [-0.05, 0) is 23.8 Å². The second-order valence-electron chi connectivity index (χ2n) is 5.15. The van der Waals surface area contributed by atoms with Gasteiger partial charge >= 0.3 is 0 Å². The molecular weight excluding hydrogens is 220 g/mol. The highest BCUT2D eigenvalue weighted by Gasteiger charge is 2.14. The van der Waals surface area contributed by atoms with Crippen LogP contribution in [0.1, 0.15) is 44.8 Å². The lowest BCUT2D eigenvalue weighted by molar-refractivity contribution is 0.437. The van der Waals surface area contributed by atoms with Crippen LogP contribution in [0.15, 0.2) is 36.5 Å². The van der Waals surface area contributed by atoms with Gasteiger partial charge in [0.05, 0.1) is 5.69 Å². The van der Waals surface area contributed by atoms with Crippen LogP contribution in [0.5, 0.6) is 0 Å². The zero-order valence-corrected chi connectivity index (χ0v) is 11.3. The van der Waals surface area contributed by atoms with E-state index in [-0.39, 0.29) is 6.04 Å². The van der Waals surface area contributed by atoms with Crippen LogP contribution in [-0.4, -0.2) is 4.98 Å². The number of aromatic nitrogens is 1. The van der Waals surface area contributed by atoms with Crippen LogP contribution < -0.4 is 5.73 Å². The van der Waals surface area contributed by atoms with Crippen molar-refractivity contribution in [3.63, 3.8) is 0 Å². The molecule has 2 rings (SSSR count). The van der Waals surface area contributed by atoms with Crippen molar-refractivity contribution in [3.8, 4) is 0 Å². The molecule has 0 aliphatic rings. The quantitative estimate of drug-likeness (QED) is 0.858. The van der Waals surface area contributed by atoms with Crippen LogP contribution in [0.4, 0.5) is 0 Å². The summed E-state index contributed by atoms with van der Waals surface area (Å²) < 4.78 is 0. The molecule has 0 saturated heterocycles. The Hall–Kier alpha value is -1.41. The molecule has 0 spiro atoms. The zero-order chi connectivity index (χ0) is 13.0. The Labute approximate surface area is 109 Å². The van der Waals surface area contributed by atoms with E-state index in [2.05, 4.69) is 43.1 Å². The molecule has 0 fully saturated rings. The summed E-state index contributed by atoms with van der Waals surface area (Å²) in [5.41, 5.74) is 7.37. The van der Waals surface area contributed by atoms with Crippen LogP contribution in [0, 0.1) is 5.92 Å². The lowest BCUT2D eigenvalue weighted by Crippen LogP contribution is -2.15. The number of hydrogen-bond acceptors (Lipinski definition) is 2. The second-order valence-corrected chi connectivity index (χ2v) is 5.15. The molecule has 0 amide bonds.